The average molecular weight is 375 g/mol. The highest BCUT2D eigenvalue weighted by Gasteiger charge is 2.25. The molecule has 0 N–H and O–H groups in total. The van der Waals surface area contributed by atoms with Crippen LogP contribution in [0.25, 0.3) is 39.1 Å². The second-order valence-electron chi connectivity index (χ2n) is 9.05. The molecule has 0 spiro atoms. The molecule has 29 heavy (non-hydrogen) atoms. The third kappa shape index (κ3) is 3.09. The van der Waals surface area contributed by atoms with Crippen molar-refractivity contribution in [2.75, 3.05) is 0 Å². The number of allylic oxidation sites excluding steroid dienone is 1. The Labute approximate surface area is 173 Å². The zero-order valence-electron chi connectivity index (χ0n) is 17.4. The monoisotopic (exact) mass is 374 g/mol. The van der Waals surface area contributed by atoms with E-state index in [0.717, 1.165) is 6.42 Å². The van der Waals surface area contributed by atoms with E-state index in [2.05, 4.69) is 112 Å². The first-order valence-electron chi connectivity index (χ1n) is 10.4. The second-order valence-corrected chi connectivity index (χ2v) is 9.05. The molecule has 4 aromatic carbocycles. The van der Waals surface area contributed by atoms with Crippen LogP contribution >= 0.6 is 0 Å². The van der Waals surface area contributed by atoms with Crippen molar-refractivity contribution < 1.29 is 0 Å². The molecule has 0 radical (unpaired) electrons. The van der Waals surface area contributed by atoms with Crippen LogP contribution in [0.15, 0.2) is 90.5 Å². The van der Waals surface area contributed by atoms with Gasteiger partial charge >= 0.3 is 0 Å². The van der Waals surface area contributed by atoms with E-state index in [4.69, 9.17) is 0 Å². The van der Waals surface area contributed by atoms with E-state index in [0.29, 0.717) is 0 Å². The first-order valence-corrected chi connectivity index (χ1v) is 10.4. The minimum absolute atomic E-state index is 0.200. The molecule has 0 fully saturated rings. The molecule has 0 nitrogen and oxygen atoms in total. The lowest BCUT2D eigenvalue weighted by atomic mass is 9.85. The zero-order chi connectivity index (χ0) is 20.0. The molecule has 1 aliphatic carbocycles. The summed E-state index contributed by atoms with van der Waals surface area (Å²) in [6.07, 6.45) is 3.49. The Morgan fingerprint density at radius 3 is 1.97 bits per heavy atom. The maximum atomic E-state index is 2.44. The van der Waals surface area contributed by atoms with Crippen LogP contribution in [-0.2, 0) is 6.42 Å². The first-order chi connectivity index (χ1) is 14.0. The molecular formula is C29H26. The first kappa shape index (κ1) is 17.9. The van der Waals surface area contributed by atoms with Gasteiger partial charge in [0, 0.05) is 0 Å². The molecule has 0 saturated heterocycles. The second kappa shape index (κ2) is 6.74. The number of rotatable bonds is 2. The lowest BCUT2D eigenvalue weighted by molar-refractivity contribution is 0.498. The molecule has 0 bridgehead atoms. The van der Waals surface area contributed by atoms with Crippen molar-refractivity contribution in [3.05, 3.63) is 102 Å². The molecule has 142 valence electrons. The van der Waals surface area contributed by atoms with E-state index in [1.807, 2.05) is 0 Å². The summed E-state index contributed by atoms with van der Waals surface area (Å²) in [5.41, 5.74) is 9.81. The Kier molecular flexibility index (Phi) is 4.17. The van der Waals surface area contributed by atoms with Crippen molar-refractivity contribution in [2.24, 2.45) is 5.41 Å². The summed E-state index contributed by atoms with van der Waals surface area (Å²) in [6.45, 7) is 6.94. The molecule has 4 aromatic rings. The third-order valence-corrected chi connectivity index (χ3v) is 6.16. The third-order valence-electron chi connectivity index (χ3n) is 6.16. The van der Waals surface area contributed by atoms with Gasteiger partial charge in [0.1, 0.15) is 0 Å². The lowest BCUT2D eigenvalue weighted by Gasteiger charge is -2.19. The van der Waals surface area contributed by atoms with Gasteiger partial charge in [0.25, 0.3) is 0 Å². The van der Waals surface area contributed by atoms with Crippen LogP contribution in [0.2, 0.25) is 0 Å². The van der Waals surface area contributed by atoms with Gasteiger partial charge in [-0.2, -0.15) is 0 Å². The molecule has 0 unspecified atom stereocenters. The van der Waals surface area contributed by atoms with Crippen LogP contribution in [0.4, 0.5) is 0 Å². The summed E-state index contributed by atoms with van der Waals surface area (Å²) in [7, 11) is 0. The number of benzene rings is 4. The van der Waals surface area contributed by atoms with E-state index in [-0.39, 0.29) is 5.41 Å². The number of fused-ring (bicyclic) bond motifs is 2. The SMILES string of the molecule is CC(C)(C)C1=Cc2c(cccc2-c2ccccc2-c2cccc3ccccc23)C1. The Morgan fingerprint density at radius 1 is 0.586 bits per heavy atom. The summed E-state index contributed by atoms with van der Waals surface area (Å²) >= 11 is 0. The molecule has 5 rings (SSSR count). The van der Waals surface area contributed by atoms with Gasteiger partial charge < -0.3 is 0 Å². The van der Waals surface area contributed by atoms with Crippen LogP contribution in [0.1, 0.15) is 31.9 Å². The topological polar surface area (TPSA) is 0 Å². The normalized spacial score (nSPS) is 13.4. The predicted octanol–water partition coefficient (Wildman–Crippen LogP) is 8.16. The van der Waals surface area contributed by atoms with Crippen molar-refractivity contribution in [1.29, 1.82) is 0 Å². The molecule has 0 aliphatic heterocycles. The van der Waals surface area contributed by atoms with Crippen molar-refractivity contribution in [2.45, 2.75) is 27.2 Å². The molecular weight excluding hydrogens is 348 g/mol. The molecule has 0 heterocycles. The summed E-state index contributed by atoms with van der Waals surface area (Å²) in [5.74, 6) is 0. The quantitative estimate of drug-likeness (QED) is 0.332. The van der Waals surface area contributed by atoms with Gasteiger partial charge in [0.2, 0.25) is 0 Å². The van der Waals surface area contributed by atoms with E-state index >= 15 is 0 Å². The van der Waals surface area contributed by atoms with Gasteiger partial charge in [-0.05, 0) is 56.0 Å². The average Bonchev–Trinajstić information content (AvgIpc) is 3.18. The Bertz CT molecular complexity index is 1240. The molecule has 1 aliphatic rings. The van der Waals surface area contributed by atoms with E-state index < -0.39 is 0 Å². The van der Waals surface area contributed by atoms with E-state index in [9.17, 15) is 0 Å². The fraction of sp³-hybridized carbons (Fsp3) is 0.172. The highest BCUT2D eigenvalue weighted by Crippen LogP contribution is 2.43. The standard InChI is InChI=1S/C29H26/c1-29(2,3)22-18-21-12-9-17-27(28(21)19-22)26-15-7-6-14-25(26)24-16-8-11-20-10-4-5-13-23(20)24/h4-17,19H,18H2,1-3H3. The molecule has 0 atom stereocenters. The fourth-order valence-electron chi connectivity index (χ4n) is 4.50. The highest BCUT2D eigenvalue weighted by atomic mass is 14.3. The number of hydrogen-bond donors (Lipinski definition) is 0. The Balaban J connectivity index is 1.74. The predicted molar refractivity (Wildman–Crippen MR) is 126 cm³/mol. The molecule has 0 aromatic heterocycles. The van der Waals surface area contributed by atoms with Crippen molar-refractivity contribution >= 4 is 16.8 Å². The molecule has 0 amide bonds. The van der Waals surface area contributed by atoms with Gasteiger partial charge in [-0.1, -0.05) is 117 Å². The maximum absolute atomic E-state index is 2.44. The highest BCUT2D eigenvalue weighted by molar-refractivity contribution is 6.01. The summed E-state index contributed by atoms with van der Waals surface area (Å²) < 4.78 is 0. The van der Waals surface area contributed by atoms with Crippen LogP contribution in [0, 0.1) is 5.41 Å². The minimum Gasteiger partial charge on any atom is -0.0616 e. The largest absolute Gasteiger partial charge is 0.0616 e. The van der Waals surface area contributed by atoms with Gasteiger partial charge in [0.05, 0.1) is 0 Å². The van der Waals surface area contributed by atoms with Gasteiger partial charge in [-0.15, -0.1) is 0 Å². The van der Waals surface area contributed by atoms with Crippen LogP contribution in [0.3, 0.4) is 0 Å². The minimum atomic E-state index is 0.200. The van der Waals surface area contributed by atoms with Crippen molar-refractivity contribution in [1.82, 2.24) is 0 Å². The van der Waals surface area contributed by atoms with Crippen LogP contribution < -0.4 is 0 Å². The van der Waals surface area contributed by atoms with Gasteiger partial charge in [-0.3, -0.25) is 0 Å². The summed E-state index contributed by atoms with van der Waals surface area (Å²) in [4.78, 5) is 0. The molecule has 0 saturated carbocycles. The maximum Gasteiger partial charge on any atom is -0.00523 e. The van der Waals surface area contributed by atoms with Crippen LogP contribution in [0.5, 0.6) is 0 Å². The van der Waals surface area contributed by atoms with Crippen molar-refractivity contribution in [3.63, 3.8) is 0 Å². The van der Waals surface area contributed by atoms with Crippen molar-refractivity contribution in [3.8, 4) is 22.3 Å². The zero-order valence-corrected chi connectivity index (χ0v) is 17.4. The summed E-state index contributed by atoms with van der Waals surface area (Å²) in [5, 5.41) is 2.59. The van der Waals surface area contributed by atoms with Gasteiger partial charge in [0.15, 0.2) is 0 Å². The fourth-order valence-corrected chi connectivity index (χ4v) is 4.50. The molecule has 0 heteroatoms. The Hall–Kier alpha value is -3.12. The smallest absolute Gasteiger partial charge is 0.00523 e. The lowest BCUT2D eigenvalue weighted by Crippen LogP contribution is -2.08. The van der Waals surface area contributed by atoms with Gasteiger partial charge in [-0.25, -0.2) is 0 Å². The Morgan fingerprint density at radius 2 is 1.17 bits per heavy atom. The van der Waals surface area contributed by atoms with E-state index in [1.54, 1.807) is 0 Å². The number of hydrogen-bond acceptors (Lipinski definition) is 0. The summed E-state index contributed by atoms with van der Waals surface area (Å²) in [6, 6.07) is 30.9. The van der Waals surface area contributed by atoms with Crippen LogP contribution in [-0.4, -0.2) is 0 Å². The van der Waals surface area contributed by atoms with E-state index in [1.165, 1.54) is 49.7 Å².